The van der Waals surface area contributed by atoms with Crippen molar-refractivity contribution < 1.29 is 14.3 Å². The number of halogens is 3. The predicted molar refractivity (Wildman–Crippen MR) is 111 cm³/mol. The SMILES string of the molecule is CCC(Br)C(=O)N(CCCNC(=O)OC(C)(C)C)c1ccc(Cl)c(Cl)c1. The molecule has 1 atom stereocenters. The Kier molecular flexibility index (Phi) is 9.21. The summed E-state index contributed by atoms with van der Waals surface area (Å²) >= 11 is 15.4. The van der Waals surface area contributed by atoms with Crippen LogP contribution in [0, 0.1) is 0 Å². The van der Waals surface area contributed by atoms with Crippen LogP contribution in [0.3, 0.4) is 0 Å². The lowest BCUT2D eigenvalue weighted by Gasteiger charge is -2.25. The third-order valence-corrected chi connectivity index (χ3v) is 5.11. The number of benzene rings is 1. The molecule has 0 bridgehead atoms. The number of nitrogens with zero attached hydrogens (tertiary/aromatic N) is 1. The fraction of sp³-hybridized carbons (Fsp3) is 0.556. The molecule has 0 saturated heterocycles. The van der Waals surface area contributed by atoms with Crippen LogP contribution in [-0.2, 0) is 9.53 Å². The zero-order chi connectivity index (χ0) is 19.9. The molecule has 0 aliphatic rings. The fourth-order valence-electron chi connectivity index (χ4n) is 2.10. The van der Waals surface area contributed by atoms with Crippen molar-refractivity contribution in [3.63, 3.8) is 0 Å². The highest BCUT2D eigenvalue weighted by Gasteiger charge is 2.22. The van der Waals surface area contributed by atoms with Gasteiger partial charge >= 0.3 is 6.09 Å². The second-order valence-electron chi connectivity index (χ2n) is 6.75. The molecule has 0 radical (unpaired) electrons. The Morgan fingerprint density at radius 3 is 2.46 bits per heavy atom. The van der Waals surface area contributed by atoms with E-state index in [1.54, 1.807) is 43.9 Å². The Labute approximate surface area is 173 Å². The second kappa shape index (κ2) is 10.4. The molecule has 2 amide bonds. The monoisotopic (exact) mass is 466 g/mol. The van der Waals surface area contributed by atoms with Crippen molar-refractivity contribution in [1.82, 2.24) is 5.32 Å². The molecule has 0 aromatic heterocycles. The van der Waals surface area contributed by atoms with Crippen molar-refractivity contribution in [2.75, 3.05) is 18.0 Å². The number of amides is 2. The summed E-state index contributed by atoms with van der Waals surface area (Å²) < 4.78 is 5.19. The zero-order valence-corrected chi connectivity index (χ0v) is 18.5. The van der Waals surface area contributed by atoms with E-state index in [1.165, 1.54) is 0 Å². The second-order valence-corrected chi connectivity index (χ2v) is 8.67. The number of hydrogen-bond acceptors (Lipinski definition) is 3. The third kappa shape index (κ3) is 7.72. The number of rotatable bonds is 7. The van der Waals surface area contributed by atoms with Gasteiger partial charge < -0.3 is 15.0 Å². The van der Waals surface area contributed by atoms with Crippen molar-refractivity contribution in [3.8, 4) is 0 Å². The van der Waals surface area contributed by atoms with Gasteiger partial charge in [0.15, 0.2) is 0 Å². The molecule has 0 saturated carbocycles. The maximum atomic E-state index is 12.7. The van der Waals surface area contributed by atoms with Crippen LogP contribution in [0.4, 0.5) is 10.5 Å². The van der Waals surface area contributed by atoms with Crippen LogP contribution in [0.1, 0.15) is 40.5 Å². The lowest BCUT2D eigenvalue weighted by atomic mass is 10.2. The van der Waals surface area contributed by atoms with E-state index in [2.05, 4.69) is 21.2 Å². The van der Waals surface area contributed by atoms with Crippen molar-refractivity contribution in [3.05, 3.63) is 28.2 Å². The Balaban J connectivity index is 2.73. The summed E-state index contributed by atoms with van der Waals surface area (Å²) in [7, 11) is 0. The maximum absolute atomic E-state index is 12.7. The summed E-state index contributed by atoms with van der Waals surface area (Å²) in [5.74, 6) is -0.0665. The molecule has 146 valence electrons. The number of carbonyl (C=O) groups excluding carboxylic acids is 2. The standard InChI is InChI=1S/C18H25BrCl2N2O3/c1-5-13(19)16(24)23(12-7-8-14(20)15(21)11-12)10-6-9-22-17(25)26-18(2,3)4/h7-8,11,13H,5-6,9-10H2,1-4H3,(H,22,25). The lowest BCUT2D eigenvalue weighted by molar-refractivity contribution is -0.118. The quantitative estimate of drug-likeness (QED) is 0.430. The highest BCUT2D eigenvalue weighted by Crippen LogP contribution is 2.28. The summed E-state index contributed by atoms with van der Waals surface area (Å²) in [4.78, 5) is 25.7. The first-order valence-corrected chi connectivity index (χ1v) is 10.1. The van der Waals surface area contributed by atoms with Crippen LogP contribution in [-0.4, -0.2) is 35.5 Å². The normalized spacial score (nSPS) is 12.4. The van der Waals surface area contributed by atoms with Crippen LogP contribution >= 0.6 is 39.1 Å². The van der Waals surface area contributed by atoms with Gasteiger partial charge in [0.25, 0.3) is 0 Å². The molecule has 1 unspecified atom stereocenters. The first kappa shape index (κ1) is 23.1. The minimum absolute atomic E-state index is 0.0665. The topological polar surface area (TPSA) is 58.6 Å². The number of anilines is 1. The Hall–Kier alpha value is -0.980. The molecular weight excluding hydrogens is 443 g/mol. The summed E-state index contributed by atoms with van der Waals surface area (Å²) in [6.07, 6.45) is 0.749. The fourth-order valence-corrected chi connectivity index (χ4v) is 2.64. The predicted octanol–water partition coefficient (Wildman–Crippen LogP) is 5.41. The van der Waals surface area contributed by atoms with E-state index in [1.807, 2.05) is 6.92 Å². The van der Waals surface area contributed by atoms with Crippen molar-refractivity contribution in [1.29, 1.82) is 0 Å². The number of alkyl carbamates (subject to hydrolysis) is 1. The van der Waals surface area contributed by atoms with E-state index in [9.17, 15) is 9.59 Å². The highest BCUT2D eigenvalue weighted by molar-refractivity contribution is 9.10. The summed E-state index contributed by atoms with van der Waals surface area (Å²) in [5.41, 5.74) is 0.121. The molecule has 1 aromatic carbocycles. The molecule has 8 heteroatoms. The van der Waals surface area contributed by atoms with E-state index < -0.39 is 11.7 Å². The minimum atomic E-state index is -0.545. The van der Waals surface area contributed by atoms with E-state index in [0.29, 0.717) is 41.7 Å². The van der Waals surface area contributed by atoms with E-state index in [4.69, 9.17) is 27.9 Å². The molecule has 0 aliphatic heterocycles. The molecular formula is C18H25BrCl2N2O3. The lowest BCUT2D eigenvalue weighted by Crippen LogP contribution is -2.39. The van der Waals surface area contributed by atoms with Gasteiger partial charge in [-0.3, -0.25) is 4.79 Å². The Bertz CT molecular complexity index is 635. The van der Waals surface area contributed by atoms with Crippen molar-refractivity contribution >= 4 is 56.8 Å². The molecule has 1 rings (SSSR count). The Morgan fingerprint density at radius 2 is 1.92 bits per heavy atom. The van der Waals surface area contributed by atoms with E-state index in [0.717, 1.165) is 0 Å². The van der Waals surface area contributed by atoms with Gasteiger partial charge in [-0.2, -0.15) is 0 Å². The number of alkyl halides is 1. The van der Waals surface area contributed by atoms with Gasteiger partial charge in [0.05, 0.1) is 14.9 Å². The first-order chi connectivity index (χ1) is 12.0. The molecule has 0 heterocycles. The summed E-state index contributed by atoms with van der Waals surface area (Å²) in [6.45, 7) is 8.15. The molecule has 0 spiro atoms. The molecule has 5 nitrogen and oxygen atoms in total. The van der Waals surface area contributed by atoms with Crippen molar-refractivity contribution in [2.24, 2.45) is 0 Å². The van der Waals surface area contributed by atoms with E-state index >= 15 is 0 Å². The van der Waals surface area contributed by atoms with Crippen LogP contribution in [0.2, 0.25) is 10.0 Å². The average molecular weight is 468 g/mol. The first-order valence-electron chi connectivity index (χ1n) is 8.42. The molecule has 0 aliphatic carbocycles. The van der Waals surface area contributed by atoms with Crippen LogP contribution < -0.4 is 10.2 Å². The summed E-state index contributed by atoms with van der Waals surface area (Å²) in [6, 6.07) is 5.08. The van der Waals surface area contributed by atoms with Gasteiger partial charge in [-0.25, -0.2) is 4.79 Å². The highest BCUT2D eigenvalue weighted by atomic mass is 79.9. The van der Waals surface area contributed by atoms with Gasteiger partial charge in [0.2, 0.25) is 5.91 Å². The largest absolute Gasteiger partial charge is 0.444 e. The van der Waals surface area contributed by atoms with Gasteiger partial charge in [0.1, 0.15) is 5.60 Å². The number of ether oxygens (including phenoxy) is 1. The van der Waals surface area contributed by atoms with Crippen LogP contribution in [0.5, 0.6) is 0 Å². The molecule has 1 aromatic rings. The third-order valence-electron chi connectivity index (χ3n) is 3.33. The van der Waals surface area contributed by atoms with Crippen LogP contribution in [0.25, 0.3) is 0 Å². The number of nitrogens with one attached hydrogen (secondary N) is 1. The van der Waals surface area contributed by atoms with Crippen LogP contribution in [0.15, 0.2) is 18.2 Å². The van der Waals surface area contributed by atoms with Crippen molar-refractivity contribution in [2.45, 2.75) is 51.0 Å². The Morgan fingerprint density at radius 1 is 1.27 bits per heavy atom. The molecule has 26 heavy (non-hydrogen) atoms. The van der Waals surface area contributed by atoms with Gasteiger partial charge in [-0.1, -0.05) is 46.1 Å². The number of carbonyl (C=O) groups is 2. The average Bonchev–Trinajstić information content (AvgIpc) is 2.54. The minimum Gasteiger partial charge on any atom is -0.444 e. The zero-order valence-electron chi connectivity index (χ0n) is 15.4. The smallest absolute Gasteiger partial charge is 0.407 e. The van der Waals surface area contributed by atoms with Gasteiger partial charge in [-0.15, -0.1) is 0 Å². The van der Waals surface area contributed by atoms with Gasteiger partial charge in [0, 0.05) is 18.8 Å². The van der Waals surface area contributed by atoms with E-state index in [-0.39, 0.29) is 10.7 Å². The molecule has 1 N–H and O–H groups in total. The maximum Gasteiger partial charge on any atom is 0.407 e. The number of hydrogen-bond donors (Lipinski definition) is 1. The summed E-state index contributed by atoms with van der Waals surface area (Å²) in [5, 5.41) is 3.51. The van der Waals surface area contributed by atoms with Gasteiger partial charge in [-0.05, 0) is 51.8 Å². The molecule has 0 fully saturated rings.